The Labute approximate surface area is 158 Å². The highest BCUT2D eigenvalue weighted by atomic mass is 32.2. The van der Waals surface area contributed by atoms with Crippen molar-refractivity contribution >= 4 is 28.9 Å². The van der Waals surface area contributed by atoms with Crippen LogP contribution in [-0.2, 0) is 5.75 Å². The van der Waals surface area contributed by atoms with Crippen molar-refractivity contribution in [3.63, 3.8) is 0 Å². The third-order valence-corrected chi connectivity index (χ3v) is 5.25. The number of thioether (sulfide) groups is 1. The van der Waals surface area contributed by atoms with Gasteiger partial charge < -0.3 is 15.0 Å². The van der Waals surface area contributed by atoms with E-state index in [1.807, 2.05) is 31.5 Å². The molecule has 0 aliphatic heterocycles. The molecule has 0 saturated carbocycles. The zero-order valence-corrected chi connectivity index (χ0v) is 16.2. The van der Waals surface area contributed by atoms with Gasteiger partial charge in [0.15, 0.2) is 5.65 Å². The lowest BCUT2D eigenvalue weighted by Gasteiger charge is -2.15. The minimum absolute atomic E-state index is 0.0494. The maximum atomic E-state index is 9.48. The molecule has 1 aromatic carbocycles. The van der Waals surface area contributed by atoms with E-state index < -0.39 is 0 Å². The van der Waals surface area contributed by atoms with Gasteiger partial charge in [-0.3, -0.25) is 0 Å². The quantitative estimate of drug-likeness (QED) is 0.462. The molecule has 3 rings (SSSR count). The zero-order valence-electron chi connectivity index (χ0n) is 15.4. The standard InChI is InChI=1S/C19H25N5OS/c1-4-15(10-25)21-19-22-17-16(20-12-24(17)13(2)3)18(23-19)26-11-14-8-6-5-7-9-14/h5-9,12-13,15,25H,4,10-11H2,1-3H3,(H,21,22,23). The summed E-state index contributed by atoms with van der Waals surface area (Å²) in [5, 5.41) is 13.6. The smallest absolute Gasteiger partial charge is 0.226 e. The Balaban J connectivity index is 1.96. The number of aliphatic hydroxyl groups excluding tert-OH is 1. The Bertz CT molecular complexity index is 846. The number of aromatic nitrogens is 4. The van der Waals surface area contributed by atoms with Crippen molar-refractivity contribution in [1.29, 1.82) is 0 Å². The Hall–Kier alpha value is -2.12. The SMILES string of the molecule is CCC(CO)Nc1nc(SCc2ccccc2)c2ncn(C(C)C)c2n1. The average Bonchev–Trinajstić information content (AvgIpc) is 3.09. The van der Waals surface area contributed by atoms with E-state index in [0.29, 0.717) is 5.95 Å². The summed E-state index contributed by atoms with van der Waals surface area (Å²) in [6.45, 7) is 6.29. The van der Waals surface area contributed by atoms with E-state index in [9.17, 15) is 5.11 Å². The molecule has 2 N–H and O–H groups in total. The summed E-state index contributed by atoms with van der Waals surface area (Å²) in [6.07, 6.45) is 2.62. The number of benzene rings is 1. The van der Waals surface area contributed by atoms with Crippen LogP contribution in [0.25, 0.3) is 11.2 Å². The molecule has 138 valence electrons. The first-order valence-corrected chi connectivity index (χ1v) is 9.89. The molecule has 0 spiro atoms. The summed E-state index contributed by atoms with van der Waals surface area (Å²) in [7, 11) is 0. The van der Waals surface area contributed by atoms with Gasteiger partial charge in [0, 0.05) is 11.8 Å². The minimum atomic E-state index is -0.0603. The van der Waals surface area contributed by atoms with E-state index >= 15 is 0 Å². The number of fused-ring (bicyclic) bond motifs is 1. The van der Waals surface area contributed by atoms with E-state index in [4.69, 9.17) is 0 Å². The van der Waals surface area contributed by atoms with Crippen LogP contribution in [0.15, 0.2) is 41.7 Å². The molecule has 1 atom stereocenters. The van der Waals surface area contributed by atoms with Crippen molar-refractivity contribution in [2.45, 2.75) is 50.1 Å². The fourth-order valence-corrected chi connectivity index (χ4v) is 3.55. The van der Waals surface area contributed by atoms with Crippen LogP contribution in [-0.4, -0.2) is 37.3 Å². The van der Waals surface area contributed by atoms with Gasteiger partial charge in [0.25, 0.3) is 0 Å². The molecule has 0 aliphatic carbocycles. The number of anilines is 1. The molecule has 2 aromatic heterocycles. The molecule has 26 heavy (non-hydrogen) atoms. The van der Waals surface area contributed by atoms with Crippen molar-refractivity contribution in [1.82, 2.24) is 19.5 Å². The molecule has 0 saturated heterocycles. The molecule has 1 unspecified atom stereocenters. The topological polar surface area (TPSA) is 75.9 Å². The number of aliphatic hydroxyl groups is 1. The van der Waals surface area contributed by atoms with Crippen LogP contribution in [0.1, 0.15) is 38.8 Å². The number of hydrogen-bond acceptors (Lipinski definition) is 6. The molecular formula is C19H25N5OS. The summed E-state index contributed by atoms with van der Waals surface area (Å²) >= 11 is 1.66. The van der Waals surface area contributed by atoms with Gasteiger partial charge >= 0.3 is 0 Å². The fourth-order valence-electron chi connectivity index (χ4n) is 2.62. The largest absolute Gasteiger partial charge is 0.394 e. The average molecular weight is 372 g/mol. The first kappa shape index (κ1) is 18.7. The van der Waals surface area contributed by atoms with Crippen LogP contribution >= 0.6 is 11.8 Å². The predicted molar refractivity (Wildman–Crippen MR) is 106 cm³/mol. The summed E-state index contributed by atoms with van der Waals surface area (Å²) < 4.78 is 2.05. The maximum Gasteiger partial charge on any atom is 0.226 e. The van der Waals surface area contributed by atoms with Crippen molar-refractivity contribution in [3.8, 4) is 0 Å². The van der Waals surface area contributed by atoms with E-state index in [1.54, 1.807) is 11.8 Å². The van der Waals surface area contributed by atoms with Crippen molar-refractivity contribution in [3.05, 3.63) is 42.2 Å². The summed E-state index contributed by atoms with van der Waals surface area (Å²) in [5.41, 5.74) is 2.88. The molecule has 0 radical (unpaired) electrons. The zero-order chi connectivity index (χ0) is 18.5. The third kappa shape index (κ3) is 4.16. The van der Waals surface area contributed by atoms with Crippen LogP contribution in [0, 0.1) is 0 Å². The van der Waals surface area contributed by atoms with Gasteiger partial charge in [0.1, 0.15) is 10.5 Å². The highest BCUT2D eigenvalue weighted by Gasteiger charge is 2.16. The maximum absolute atomic E-state index is 9.48. The molecule has 3 aromatic rings. The number of hydrogen-bond donors (Lipinski definition) is 2. The molecule has 0 fully saturated rings. The fraction of sp³-hybridized carbons (Fsp3) is 0.421. The van der Waals surface area contributed by atoms with Gasteiger partial charge in [-0.25, -0.2) is 9.97 Å². The Morgan fingerprint density at radius 2 is 1.96 bits per heavy atom. The number of imidazole rings is 1. The van der Waals surface area contributed by atoms with Crippen LogP contribution in [0.2, 0.25) is 0 Å². The van der Waals surface area contributed by atoms with Gasteiger partial charge in [0.05, 0.1) is 19.0 Å². The summed E-state index contributed by atoms with van der Waals surface area (Å²) in [4.78, 5) is 13.9. The second-order valence-electron chi connectivity index (χ2n) is 6.48. The van der Waals surface area contributed by atoms with Gasteiger partial charge in [-0.1, -0.05) is 49.0 Å². The van der Waals surface area contributed by atoms with Crippen LogP contribution in [0.3, 0.4) is 0 Å². The van der Waals surface area contributed by atoms with E-state index in [1.165, 1.54) is 5.56 Å². The first-order chi connectivity index (χ1) is 12.6. The molecule has 0 aliphatic rings. The van der Waals surface area contributed by atoms with Gasteiger partial charge in [0.2, 0.25) is 5.95 Å². The Morgan fingerprint density at radius 1 is 1.19 bits per heavy atom. The molecular weight excluding hydrogens is 346 g/mol. The Morgan fingerprint density at radius 3 is 2.62 bits per heavy atom. The second-order valence-corrected chi connectivity index (χ2v) is 7.44. The lowest BCUT2D eigenvalue weighted by molar-refractivity contribution is 0.271. The predicted octanol–water partition coefficient (Wildman–Crippen LogP) is 3.88. The van der Waals surface area contributed by atoms with E-state index in [0.717, 1.165) is 28.4 Å². The normalized spacial score (nSPS) is 12.7. The highest BCUT2D eigenvalue weighted by molar-refractivity contribution is 7.98. The van der Waals surface area contributed by atoms with Crippen LogP contribution in [0.5, 0.6) is 0 Å². The molecule has 6 nitrogen and oxygen atoms in total. The number of nitrogens with zero attached hydrogens (tertiary/aromatic N) is 4. The van der Waals surface area contributed by atoms with Crippen molar-refractivity contribution < 1.29 is 5.11 Å². The van der Waals surface area contributed by atoms with Crippen molar-refractivity contribution in [2.75, 3.05) is 11.9 Å². The Kier molecular flexibility index (Phi) is 6.11. The first-order valence-electron chi connectivity index (χ1n) is 8.91. The van der Waals surface area contributed by atoms with Crippen LogP contribution < -0.4 is 5.32 Å². The molecule has 7 heteroatoms. The van der Waals surface area contributed by atoms with Crippen molar-refractivity contribution in [2.24, 2.45) is 0 Å². The number of nitrogens with one attached hydrogen (secondary N) is 1. The molecule has 0 amide bonds. The van der Waals surface area contributed by atoms with Gasteiger partial charge in [-0.2, -0.15) is 4.98 Å². The lowest BCUT2D eigenvalue weighted by atomic mass is 10.2. The second kappa shape index (κ2) is 8.51. The van der Waals surface area contributed by atoms with E-state index in [-0.39, 0.29) is 18.7 Å². The van der Waals surface area contributed by atoms with E-state index in [2.05, 4.69) is 50.8 Å². The van der Waals surface area contributed by atoms with Gasteiger partial charge in [-0.15, -0.1) is 0 Å². The summed E-state index contributed by atoms with van der Waals surface area (Å²) in [5.74, 6) is 1.36. The summed E-state index contributed by atoms with van der Waals surface area (Å²) in [6, 6.07) is 10.5. The molecule has 0 bridgehead atoms. The minimum Gasteiger partial charge on any atom is -0.394 e. The van der Waals surface area contributed by atoms with Crippen LogP contribution in [0.4, 0.5) is 5.95 Å². The molecule has 2 heterocycles. The lowest BCUT2D eigenvalue weighted by Crippen LogP contribution is -2.24. The van der Waals surface area contributed by atoms with Gasteiger partial charge in [-0.05, 0) is 25.8 Å². The number of rotatable bonds is 8. The monoisotopic (exact) mass is 371 g/mol. The highest BCUT2D eigenvalue weighted by Crippen LogP contribution is 2.29. The third-order valence-electron chi connectivity index (χ3n) is 4.21.